The third kappa shape index (κ3) is 6.75. The molecule has 12 nitrogen and oxygen atoms in total. The van der Waals surface area contributed by atoms with Crippen LogP contribution in [0.2, 0.25) is 0 Å². The quantitative estimate of drug-likeness (QED) is 0.145. The second kappa shape index (κ2) is 11.5. The van der Waals surface area contributed by atoms with Gasteiger partial charge >= 0.3 is 18.2 Å². The van der Waals surface area contributed by atoms with Gasteiger partial charge < -0.3 is 23.8 Å². The van der Waals surface area contributed by atoms with E-state index in [-0.39, 0.29) is 35.2 Å². The van der Waals surface area contributed by atoms with Gasteiger partial charge in [0.1, 0.15) is 34.3 Å². The van der Waals surface area contributed by atoms with Crippen molar-refractivity contribution in [2.45, 2.75) is 104 Å². The first-order chi connectivity index (χ1) is 21.2. The molecule has 5 rings (SSSR count). The van der Waals surface area contributed by atoms with Gasteiger partial charge in [0.25, 0.3) is 11.8 Å². The Morgan fingerprint density at radius 1 is 0.848 bits per heavy atom. The lowest BCUT2D eigenvalue weighted by Gasteiger charge is -2.50. The number of nitrogens with zero attached hydrogens (tertiary/aromatic N) is 3. The van der Waals surface area contributed by atoms with Crippen molar-refractivity contribution in [3.8, 4) is 5.75 Å². The SMILES string of the molecule is CC(C)(C)OC(=O)Oc1ccc(N2CC/C(=C\C3=C(C(=O)OC(C)(C)C)N4C(=O)C5[C@H]4C(C3)CN5C(=O)OC(C)(C)C)C2=O)cc1. The van der Waals surface area contributed by atoms with Crippen molar-refractivity contribution >= 4 is 35.7 Å². The lowest BCUT2D eigenvalue weighted by atomic mass is 9.79. The van der Waals surface area contributed by atoms with Crippen molar-refractivity contribution in [2.75, 3.05) is 18.0 Å². The Morgan fingerprint density at radius 2 is 1.46 bits per heavy atom. The van der Waals surface area contributed by atoms with Crippen molar-refractivity contribution in [2.24, 2.45) is 5.92 Å². The summed E-state index contributed by atoms with van der Waals surface area (Å²) in [5.41, 5.74) is -0.503. The number of ether oxygens (including phenoxy) is 4. The largest absolute Gasteiger partial charge is 0.514 e. The van der Waals surface area contributed by atoms with E-state index in [1.54, 1.807) is 97.6 Å². The summed E-state index contributed by atoms with van der Waals surface area (Å²) in [4.78, 5) is 70.3. The number of β-lactam (4-membered cyclic amide) rings is 1. The number of carbonyl (C=O) groups is 5. The highest BCUT2D eigenvalue weighted by atomic mass is 16.7. The topological polar surface area (TPSA) is 132 Å². The molecule has 0 radical (unpaired) electrons. The summed E-state index contributed by atoms with van der Waals surface area (Å²) in [5, 5.41) is 0. The van der Waals surface area contributed by atoms with Crippen LogP contribution in [0.4, 0.5) is 15.3 Å². The first-order valence-electron chi connectivity index (χ1n) is 15.5. The molecule has 4 heterocycles. The van der Waals surface area contributed by atoms with Gasteiger partial charge in [0, 0.05) is 30.3 Å². The van der Waals surface area contributed by atoms with Gasteiger partial charge in [0.05, 0.1) is 6.04 Å². The lowest BCUT2D eigenvalue weighted by Crippen LogP contribution is -2.69. The van der Waals surface area contributed by atoms with Crippen LogP contribution < -0.4 is 9.64 Å². The Bertz CT molecular complexity index is 1520. The molecule has 1 aromatic rings. The molecule has 0 saturated carbocycles. The first-order valence-corrected chi connectivity index (χ1v) is 15.5. The highest BCUT2D eigenvalue weighted by Crippen LogP contribution is 2.48. The predicted octanol–water partition coefficient (Wildman–Crippen LogP) is 5.11. The van der Waals surface area contributed by atoms with E-state index >= 15 is 0 Å². The van der Waals surface area contributed by atoms with Crippen molar-refractivity contribution in [3.63, 3.8) is 0 Å². The maximum absolute atomic E-state index is 13.6. The number of benzene rings is 1. The van der Waals surface area contributed by atoms with Gasteiger partial charge in [-0.1, -0.05) is 0 Å². The molecule has 4 aliphatic rings. The van der Waals surface area contributed by atoms with E-state index in [2.05, 4.69) is 0 Å². The minimum Gasteiger partial charge on any atom is -0.455 e. The molecule has 3 amide bonds. The fraction of sp³-hybridized carbons (Fsp3) is 0.559. The molecule has 3 atom stereocenters. The summed E-state index contributed by atoms with van der Waals surface area (Å²) >= 11 is 0. The smallest absolute Gasteiger partial charge is 0.455 e. The van der Waals surface area contributed by atoms with Crippen molar-refractivity contribution < 1.29 is 42.9 Å². The Morgan fingerprint density at radius 3 is 2.04 bits per heavy atom. The Kier molecular flexibility index (Phi) is 8.23. The fourth-order valence-electron chi connectivity index (χ4n) is 6.19. The molecule has 0 spiro atoms. The van der Waals surface area contributed by atoms with E-state index in [0.29, 0.717) is 42.8 Å². The zero-order chi connectivity index (χ0) is 33.9. The van der Waals surface area contributed by atoms with Crippen LogP contribution in [-0.2, 0) is 28.6 Å². The molecular formula is C34H43N3O9. The zero-order valence-electron chi connectivity index (χ0n) is 28.0. The summed E-state index contributed by atoms with van der Waals surface area (Å²) in [6, 6.07) is 5.45. The molecule has 1 aromatic carbocycles. The number of anilines is 1. The van der Waals surface area contributed by atoms with Crippen molar-refractivity contribution in [1.29, 1.82) is 0 Å². The summed E-state index contributed by atoms with van der Waals surface area (Å²) in [6.07, 6.45) is 1.10. The molecular weight excluding hydrogens is 594 g/mol. The molecule has 248 valence electrons. The standard InChI is InChI=1S/C34H43N3O9/c1-32(2,3)44-29(40)25-20(17-21-18-36(30(41)45-33(4,5)6)26-24(21)37(25)28(26)39)16-19-14-15-35(27(19)38)22-10-12-23(13-11-22)43-31(42)46-34(7,8)9/h10-13,16,21,24,26H,14-15,17-18H2,1-9H3/b19-16+/t21?,24-,26?/m1/s1. The maximum atomic E-state index is 13.6. The van der Waals surface area contributed by atoms with E-state index in [4.69, 9.17) is 18.9 Å². The van der Waals surface area contributed by atoms with Gasteiger partial charge in [0.15, 0.2) is 0 Å². The molecule has 0 bridgehead atoms. The highest BCUT2D eigenvalue weighted by Gasteiger charge is 2.64. The van der Waals surface area contributed by atoms with Crippen LogP contribution in [0.25, 0.3) is 0 Å². The number of hydrogen-bond acceptors (Lipinski definition) is 9. The van der Waals surface area contributed by atoms with Gasteiger partial charge in [-0.2, -0.15) is 0 Å². The van der Waals surface area contributed by atoms with Gasteiger partial charge in [-0.05, 0) is 111 Å². The van der Waals surface area contributed by atoms with E-state index in [1.165, 1.54) is 9.80 Å². The zero-order valence-corrected chi connectivity index (χ0v) is 28.0. The average molecular weight is 638 g/mol. The number of esters is 1. The number of rotatable bonds is 4. The van der Waals surface area contributed by atoms with Crippen LogP contribution in [0.15, 0.2) is 47.2 Å². The number of likely N-dealkylation sites (tertiary alicyclic amines) is 1. The molecule has 2 unspecified atom stereocenters. The van der Waals surface area contributed by atoms with Crippen LogP contribution >= 0.6 is 0 Å². The van der Waals surface area contributed by atoms with E-state index < -0.39 is 41.1 Å². The second-order valence-corrected chi connectivity index (χ2v) is 15.1. The number of allylic oxidation sites excluding steroid dienone is 2. The Hall–Kier alpha value is -4.35. The van der Waals surface area contributed by atoms with E-state index in [1.807, 2.05) is 0 Å². The summed E-state index contributed by atoms with van der Waals surface area (Å²) in [6.45, 7) is 16.5. The number of carbonyl (C=O) groups excluding carboxylic acids is 5. The highest BCUT2D eigenvalue weighted by molar-refractivity contribution is 6.09. The molecule has 12 heteroatoms. The van der Waals surface area contributed by atoms with Crippen molar-refractivity contribution in [3.05, 3.63) is 47.2 Å². The Labute approximate surface area is 269 Å². The molecule has 3 saturated heterocycles. The molecule has 0 N–H and O–H groups in total. The monoisotopic (exact) mass is 637 g/mol. The molecule has 3 fully saturated rings. The minimum atomic E-state index is -0.824. The molecule has 0 aliphatic carbocycles. The van der Waals surface area contributed by atoms with Crippen molar-refractivity contribution in [1.82, 2.24) is 9.80 Å². The Balaban J connectivity index is 1.39. The van der Waals surface area contributed by atoms with Crippen LogP contribution in [0.1, 0.15) is 75.2 Å². The van der Waals surface area contributed by atoms with E-state index in [0.717, 1.165) is 0 Å². The normalized spacial score (nSPS) is 23.8. The van der Waals surface area contributed by atoms with Crippen LogP contribution in [0, 0.1) is 5.92 Å². The third-order valence-electron chi connectivity index (χ3n) is 7.82. The maximum Gasteiger partial charge on any atom is 0.514 e. The average Bonchev–Trinajstić information content (AvgIpc) is 3.44. The molecule has 46 heavy (non-hydrogen) atoms. The number of hydrogen-bond donors (Lipinski definition) is 0. The van der Waals surface area contributed by atoms with Gasteiger partial charge in [0.2, 0.25) is 0 Å². The van der Waals surface area contributed by atoms with Crippen LogP contribution in [0.5, 0.6) is 5.75 Å². The van der Waals surface area contributed by atoms with Gasteiger partial charge in [-0.3, -0.25) is 19.4 Å². The summed E-state index contributed by atoms with van der Waals surface area (Å²) in [7, 11) is 0. The number of amides is 3. The first kappa shape index (κ1) is 33.0. The second-order valence-electron chi connectivity index (χ2n) is 15.1. The molecule has 0 aromatic heterocycles. The fourth-order valence-corrected chi connectivity index (χ4v) is 6.19. The molecule has 4 aliphatic heterocycles. The van der Waals surface area contributed by atoms with E-state index in [9.17, 15) is 24.0 Å². The summed E-state index contributed by atoms with van der Waals surface area (Å²) in [5.74, 6) is -1.13. The third-order valence-corrected chi connectivity index (χ3v) is 7.82. The minimum absolute atomic E-state index is 0.117. The lowest BCUT2D eigenvalue weighted by molar-refractivity contribution is -0.163. The summed E-state index contributed by atoms with van der Waals surface area (Å²) < 4.78 is 21.7. The predicted molar refractivity (Wildman–Crippen MR) is 167 cm³/mol. The van der Waals surface area contributed by atoms with Crippen LogP contribution in [0.3, 0.4) is 0 Å². The van der Waals surface area contributed by atoms with Gasteiger partial charge in [-0.15, -0.1) is 0 Å². The van der Waals surface area contributed by atoms with Crippen LogP contribution in [-0.4, -0.2) is 81.8 Å². The van der Waals surface area contributed by atoms with Gasteiger partial charge in [-0.25, -0.2) is 14.4 Å².